The second-order valence-corrected chi connectivity index (χ2v) is 7.03. The Hall–Kier alpha value is -2.23. The van der Waals surface area contributed by atoms with Gasteiger partial charge in [0.25, 0.3) is 5.69 Å². The van der Waals surface area contributed by atoms with Crippen molar-refractivity contribution in [1.82, 2.24) is 4.98 Å². The zero-order chi connectivity index (χ0) is 15.6. The summed E-state index contributed by atoms with van der Waals surface area (Å²) in [6.45, 7) is 0.254. The van der Waals surface area contributed by atoms with E-state index in [-0.39, 0.29) is 35.3 Å². The molecule has 0 radical (unpaired) electrons. The molecule has 0 aromatic carbocycles. The zero-order valence-electron chi connectivity index (χ0n) is 10.9. The minimum Gasteiger partial charge on any atom is -0.478 e. The highest BCUT2D eigenvalue weighted by atomic mass is 32.2. The third-order valence-electron chi connectivity index (χ3n) is 3.20. The molecule has 2 N–H and O–H groups in total. The molecule has 1 aliphatic heterocycles. The highest BCUT2D eigenvalue weighted by Gasteiger charge is 2.28. The Morgan fingerprint density at radius 1 is 1.57 bits per heavy atom. The SMILES string of the molecule is O=C(O)c1cc([N+](=O)[O-])cnc1NCC1CCS(=O)(=O)C1. The van der Waals surface area contributed by atoms with E-state index in [9.17, 15) is 23.3 Å². The van der Waals surface area contributed by atoms with Crippen molar-refractivity contribution in [3.05, 3.63) is 27.9 Å². The van der Waals surface area contributed by atoms with Crippen LogP contribution in [0.15, 0.2) is 12.3 Å². The smallest absolute Gasteiger partial charge is 0.339 e. The number of aromatic nitrogens is 1. The lowest BCUT2D eigenvalue weighted by Crippen LogP contribution is -2.18. The van der Waals surface area contributed by atoms with Gasteiger partial charge in [-0.05, 0) is 12.3 Å². The van der Waals surface area contributed by atoms with Crippen LogP contribution in [-0.4, -0.2) is 47.5 Å². The number of carbonyl (C=O) groups is 1. The summed E-state index contributed by atoms with van der Waals surface area (Å²) in [4.78, 5) is 24.7. The van der Waals surface area contributed by atoms with Crippen LogP contribution in [0.2, 0.25) is 0 Å². The predicted octanol–water partition coefficient (Wildman–Crippen LogP) is 0.535. The molecule has 1 saturated heterocycles. The van der Waals surface area contributed by atoms with E-state index in [0.29, 0.717) is 6.42 Å². The van der Waals surface area contributed by atoms with Crippen molar-refractivity contribution in [3.8, 4) is 0 Å². The van der Waals surface area contributed by atoms with Gasteiger partial charge in [0.05, 0.1) is 16.4 Å². The molecular formula is C11H13N3O6S. The summed E-state index contributed by atoms with van der Waals surface area (Å²) in [5, 5.41) is 22.4. The van der Waals surface area contributed by atoms with E-state index in [4.69, 9.17) is 5.11 Å². The number of nitrogens with one attached hydrogen (secondary N) is 1. The number of rotatable bonds is 5. The first-order valence-corrected chi connectivity index (χ1v) is 7.92. The number of hydrogen-bond donors (Lipinski definition) is 2. The van der Waals surface area contributed by atoms with Crippen molar-refractivity contribution >= 4 is 27.3 Å². The van der Waals surface area contributed by atoms with E-state index in [0.717, 1.165) is 12.3 Å². The lowest BCUT2D eigenvalue weighted by molar-refractivity contribution is -0.385. The van der Waals surface area contributed by atoms with Gasteiger partial charge in [0.2, 0.25) is 0 Å². The largest absolute Gasteiger partial charge is 0.478 e. The summed E-state index contributed by atoms with van der Waals surface area (Å²) in [6.07, 6.45) is 1.46. The number of carboxylic acids is 1. The average molecular weight is 315 g/mol. The van der Waals surface area contributed by atoms with E-state index < -0.39 is 26.4 Å². The molecule has 0 aliphatic carbocycles. The summed E-state index contributed by atoms with van der Waals surface area (Å²) < 4.78 is 22.7. The molecule has 2 heterocycles. The zero-order valence-corrected chi connectivity index (χ0v) is 11.7. The predicted molar refractivity (Wildman–Crippen MR) is 73.1 cm³/mol. The van der Waals surface area contributed by atoms with Crippen LogP contribution in [0.5, 0.6) is 0 Å². The van der Waals surface area contributed by atoms with Gasteiger partial charge in [-0.1, -0.05) is 0 Å². The maximum absolute atomic E-state index is 11.3. The van der Waals surface area contributed by atoms with Gasteiger partial charge in [-0.2, -0.15) is 0 Å². The van der Waals surface area contributed by atoms with E-state index in [1.54, 1.807) is 0 Å². The second-order valence-electron chi connectivity index (χ2n) is 4.80. The summed E-state index contributed by atoms with van der Waals surface area (Å²) in [7, 11) is -3.01. The van der Waals surface area contributed by atoms with Gasteiger partial charge in [0.1, 0.15) is 17.6 Å². The average Bonchev–Trinajstić information content (AvgIpc) is 2.75. The Bertz CT molecular complexity index is 687. The number of hydrogen-bond acceptors (Lipinski definition) is 7. The van der Waals surface area contributed by atoms with Crippen molar-refractivity contribution in [3.63, 3.8) is 0 Å². The molecule has 1 atom stereocenters. The summed E-state index contributed by atoms with van der Waals surface area (Å²) in [5.74, 6) is -1.28. The molecule has 1 fully saturated rings. The topological polar surface area (TPSA) is 140 Å². The van der Waals surface area contributed by atoms with Crippen LogP contribution in [0, 0.1) is 16.0 Å². The molecule has 0 saturated carbocycles. The molecule has 1 unspecified atom stereocenters. The van der Waals surface area contributed by atoms with E-state index in [1.807, 2.05) is 0 Å². The summed E-state index contributed by atoms with van der Waals surface area (Å²) >= 11 is 0. The van der Waals surface area contributed by atoms with Crippen molar-refractivity contribution in [2.75, 3.05) is 23.4 Å². The van der Waals surface area contributed by atoms with E-state index in [2.05, 4.69) is 10.3 Å². The fourth-order valence-corrected chi connectivity index (χ4v) is 3.99. The molecule has 21 heavy (non-hydrogen) atoms. The Morgan fingerprint density at radius 2 is 2.29 bits per heavy atom. The molecule has 114 valence electrons. The highest BCUT2D eigenvalue weighted by molar-refractivity contribution is 7.91. The summed E-state index contributed by atoms with van der Waals surface area (Å²) in [6, 6.07) is 0.920. The standard InChI is InChI=1S/C11H13N3O6S/c15-11(16)9-3-8(14(17)18)5-13-10(9)12-4-7-1-2-21(19,20)6-7/h3,5,7H,1-2,4,6H2,(H,12,13)(H,15,16). The van der Waals surface area contributed by atoms with Crippen LogP contribution >= 0.6 is 0 Å². The minimum absolute atomic E-state index is 0.00241. The van der Waals surface area contributed by atoms with Crippen LogP contribution in [0.4, 0.5) is 11.5 Å². The Kier molecular flexibility index (Phi) is 4.07. The first kappa shape index (κ1) is 15.2. The second kappa shape index (κ2) is 5.64. The molecule has 1 aromatic heterocycles. The number of anilines is 1. The number of nitrogens with zero attached hydrogens (tertiary/aromatic N) is 2. The van der Waals surface area contributed by atoms with Crippen LogP contribution < -0.4 is 5.32 Å². The minimum atomic E-state index is -3.01. The first-order chi connectivity index (χ1) is 9.78. The molecular weight excluding hydrogens is 302 g/mol. The fraction of sp³-hybridized carbons (Fsp3) is 0.455. The number of pyridine rings is 1. The monoisotopic (exact) mass is 315 g/mol. The maximum atomic E-state index is 11.3. The summed E-state index contributed by atoms with van der Waals surface area (Å²) in [5.41, 5.74) is -0.730. The molecule has 0 spiro atoms. The van der Waals surface area contributed by atoms with Crippen molar-refractivity contribution in [2.45, 2.75) is 6.42 Å². The van der Waals surface area contributed by atoms with Crippen LogP contribution in [0.3, 0.4) is 0 Å². The third kappa shape index (κ3) is 3.66. The van der Waals surface area contributed by atoms with Crippen molar-refractivity contribution in [1.29, 1.82) is 0 Å². The number of aromatic carboxylic acids is 1. The van der Waals surface area contributed by atoms with Gasteiger partial charge in [-0.3, -0.25) is 10.1 Å². The molecule has 9 nitrogen and oxygen atoms in total. The molecule has 10 heteroatoms. The number of nitro groups is 1. The lowest BCUT2D eigenvalue weighted by Gasteiger charge is -2.11. The lowest BCUT2D eigenvalue weighted by atomic mass is 10.1. The van der Waals surface area contributed by atoms with E-state index >= 15 is 0 Å². The maximum Gasteiger partial charge on any atom is 0.339 e. The first-order valence-electron chi connectivity index (χ1n) is 6.10. The van der Waals surface area contributed by atoms with Gasteiger partial charge in [0.15, 0.2) is 9.84 Å². The van der Waals surface area contributed by atoms with Crippen LogP contribution in [0.25, 0.3) is 0 Å². The molecule has 0 bridgehead atoms. The molecule has 0 amide bonds. The van der Waals surface area contributed by atoms with Gasteiger partial charge in [-0.25, -0.2) is 18.2 Å². The van der Waals surface area contributed by atoms with Crippen LogP contribution in [0.1, 0.15) is 16.8 Å². The quantitative estimate of drug-likeness (QED) is 0.592. The van der Waals surface area contributed by atoms with Crippen LogP contribution in [-0.2, 0) is 9.84 Å². The molecule has 1 aromatic rings. The Morgan fingerprint density at radius 3 is 2.81 bits per heavy atom. The van der Waals surface area contributed by atoms with Gasteiger partial charge < -0.3 is 10.4 Å². The number of sulfone groups is 1. The van der Waals surface area contributed by atoms with Gasteiger partial charge in [-0.15, -0.1) is 0 Å². The molecule has 1 aliphatic rings. The third-order valence-corrected chi connectivity index (χ3v) is 5.04. The van der Waals surface area contributed by atoms with Gasteiger partial charge >= 0.3 is 5.97 Å². The highest BCUT2D eigenvalue weighted by Crippen LogP contribution is 2.22. The van der Waals surface area contributed by atoms with Crippen molar-refractivity contribution in [2.24, 2.45) is 5.92 Å². The normalized spacial score (nSPS) is 20.1. The Labute approximate surface area is 120 Å². The van der Waals surface area contributed by atoms with Gasteiger partial charge in [0, 0.05) is 12.6 Å². The number of carboxylic acid groups (broad SMARTS) is 1. The van der Waals surface area contributed by atoms with E-state index in [1.165, 1.54) is 0 Å². The van der Waals surface area contributed by atoms with Crippen molar-refractivity contribution < 1.29 is 23.2 Å². The Balaban J connectivity index is 2.13. The fourth-order valence-electron chi connectivity index (χ4n) is 2.13. The molecule has 2 rings (SSSR count).